The molecule has 1 fully saturated rings. The highest BCUT2D eigenvalue weighted by atomic mass is 16.3. The molecule has 2 heteroatoms. The number of rotatable bonds is 4. The van der Waals surface area contributed by atoms with Crippen molar-refractivity contribution in [1.82, 2.24) is 0 Å². The Hall–Kier alpha value is -0.550. The lowest BCUT2D eigenvalue weighted by Gasteiger charge is -2.43. The summed E-state index contributed by atoms with van der Waals surface area (Å²) >= 11 is 0. The third-order valence-electron chi connectivity index (χ3n) is 4.73. The van der Waals surface area contributed by atoms with Crippen LogP contribution in [0.1, 0.15) is 59.8 Å². The van der Waals surface area contributed by atoms with E-state index in [4.69, 9.17) is 0 Å². The number of aliphatic hydroxyl groups is 1. The normalized spacial score (nSPS) is 33.7. The van der Waals surface area contributed by atoms with Crippen LogP contribution in [0.2, 0.25) is 0 Å². The molecule has 16 heavy (non-hydrogen) atoms. The van der Waals surface area contributed by atoms with E-state index in [-0.39, 0.29) is 5.92 Å². The zero-order chi connectivity index (χ0) is 12.4. The van der Waals surface area contributed by atoms with Crippen LogP contribution in [0, 0.1) is 28.6 Å². The summed E-state index contributed by atoms with van der Waals surface area (Å²) in [4.78, 5) is 0. The molecule has 0 radical (unpaired) electrons. The van der Waals surface area contributed by atoms with E-state index in [2.05, 4.69) is 13.0 Å². The first kappa shape index (κ1) is 13.5. The predicted molar refractivity (Wildman–Crippen MR) is 65.8 cm³/mol. The van der Waals surface area contributed by atoms with Gasteiger partial charge < -0.3 is 5.11 Å². The molecule has 0 aromatic heterocycles. The molecule has 0 amide bonds. The number of nitrogens with zero attached hydrogens (tertiary/aromatic N) is 1. The van der Waals surface area contributed by atoms with E-state index in [1.807, 2.05) is 20.8 Å². The molecule has 0 spiro atoms. The topological polar surface area (TPSA) is 44.0 Å². The zero-order valence-corrected chi connectivity index (χ0v) is 11.1. The van der Waals surface area contributed by atoms with Crippen LogP contribution in [-0.2, 0) is 0 Å². The number of hydrogen-bond donors (Lipinski definition) is 1. The minimum absolute atomic E-state index is 0.146. The minimum Gasteiger partial charge on any atom is -0.388 e. The molecule has 1 rings (SSSR count). The molecule has 0 heterocycles. The van der Waals surface area contributed by atoms with Crippen LogP contribution < -0.4 is 0 Å². The van der Waals surface area contributed by atoms with Gasteiger partial charge in [-0.15, -0.1) is 0 Å². The van der Waals surface area contributed by atoms with Crippen molar-refractivity contribution < 1.29 is 5.11 Å². The van der Waals surface area contributed by atoms with Gasteiger partial charge in [-0.3, -0.25) is 0 Å². The maximum Gasteiger partial charge on any atom is 0.0865 e. The van der Waals surface area contributed by atoms with Crippen molar-refractivity contribution >= 4 is 0 Å². The van der Waals surface area contributed by atoms with E-state index < -0.39 is 11.0 Å². The summed E-state index contributed by atoms with van der Waals surface area (Å²) in [6.45, 7) is 8.24. The molecule has 0 bridgehead atoms. The van der Waals surface area contributed by atoms with Crippen LogP contribution >= 0.6 is 0 Å². The van der Waals surface area contributed by atoms with E-state index in [1.54, 1.807) is 0 Å². The van der Waals surface area contributed by atoms with Crippen LogP contribution in [0.5, 0.6) is 0 Å². The van der Waals surface area contributed by atoms with E-state index >= 15 is 0 Å². The maximum atomic E-state index is 10.8. The van der Waals surface area contributed by atoms with Crippen LogP contribution in [0.3, 0.4) is 0 Å². The van der Waals surface area contributed by atoms with Crippen molar-refractivity contribution in [2.45, 2.75) is 65.4 Å². The summed E-state index contributed by atoms with van der Waals surface area (Å²) in [6, 6.07) is 2.46. The Labute approximate surface area is 99.7 Å². The third-order valence-corrected chi connectivity index (χ3v) is 4.73. The Kier molecular flexibility index (Phi) is 4.02. The van der Waals surface area contributed by atoms with Crippen molar-refractivity contribution in [2.75, 3.05) is 0 Å². The molecule has 92 valence electrons. The number of nitriles is 1. The van der Waals surface area contributed by atoms with Gasteiger partial charge in [-0.2, -0.15) is 5.26 Å². The fourth-order valence-electron chi connectivity index (χ4n) is 3.39. The molecule has 0 aliphatic heterocycles. The average molecular weight is 223 g/mol. The second-order valence-electron chi connectivity index (χ2n) is 5.64. The maximum absolute atomic E-state index is 10.8. The summed E-state index contributed by atoms with van der Waals surface area (Å²) in [6.07, 6.45) is 4.64. The van der Waals surface area contributed by atoms with Crippen molar-refractivity contribution in [1.29, 1.82) is 5.26 Å². The van der Waals surface area contributed by atoms with E-state index in [0.29, 0.717) is 12.3 Å². The Morgan fingerprint density at radius 1 is 1.50 bits per heavy atom. The molecule has 3 atom stereocenters. The van der Waals surface area contributed by atoms with E-state index in [0.717, 1.165) is 25.7 Å². The number of hydrogen-bond acceptors (Lipinski definition) is 2. The van der Waals surface area contributed by atoms with Gasteiger partial charge in [0.15, 0.2) is 0 Å². The lowest BCUT2D eigenvalue weighted by molar-refractivity contribution is -0.0942. The van der Waals surface area contributed by atoms with Crippen LogP contribution in [0.25, 0.3) is 0 Å². The van der Waals surface area contributed by atoms with Gasteiger partial charge in [-0.25, -0.2) is 0 Å². The first-order chi connectivity index (χ1) is 7.45. The second-order valence-corrected chi connectivity index (χ2v) is 5.64. The Morgan fingerprint density at radius 3 is 2.44 bits per heavy atom. The quantitative estimate of drug-likeness (QED) is 0.792. The molecule has 1 aliphatic carbocycles. The van der Waals surface area contributed by atoms with Crippen molar-refractivity contribution in [2.24, 2.45) is 17.3 Å². The summed E-state index contributed by atoms with van der Waals surface area (Å²) in [7, 11) is 0. The summed E-state index contributed by atoms with van der Waals surface area (Å²) < 4.78 is 0. The highest BCUT2D eigenvalue weighted by molar-refractivity contribution is 5.15. The van der Waals surface area contributed by atoms with Crippen LogP contribution in [0.15, 0.2) is 0 Å². The Balaban J connectivity index is 3.02. The van der Waals surface area contributed by atoms with Gasteiger partial charge in [0.2, 0.25) is 0 Å². The third kappa shape index (κ3) is 1.86. The monoisotopic (exact) mass is 223 g/mol. The van der Waals surface area contributed by atoms with Crippen molar-refractivity contribution in [3.63, 3.8) is 0 Å². The second kappa shape index (κ2) is 4.75. The van der Waals surface area contributed by atoms with Gasteiger partial charge in [0.05, 0.1) is 17.1 Å². The molecular weight excluding hydrogens is 198 g/mol. The SMILES string of the molecule is CCC1CCC(C#N)(C(O)(CC)C(C)C)C1. The molecule has 1 aliphatic rings. The fraction of sp³-hybridized carbons (Fsp3) is 0.929. The minimum atomic E-state index is -0.814. The van der Waals surface area contributed by atoms with Gasteiger partial charge in [0.25, 0.3) is 0 Å². The van der Waals surface area contributed by atoms with Crippen LogP contribution in [0.4, 0.5) is 0 Å². The highest BCUT2D eigenvalue weighted by Gasteiger charge is 2.54. The largest absolute Gasteiger partial charge is 0.388 e. The highest BCUT2D eigenvalue weighted by Crippen LogP contribution is 2.53. The van der Waals surface area contributed by atoms with Gasteiger partial charge in [-0.1, -0.05) is 34.1 Å². The predicted octanol–water partition coefficient (Wildman–Crippen LogP) is 3.50. The zero-order valence-electron chi connectivity index (χ0n) is 11.1. The first-order valence-electron chi connectivity index (χ1n) is 6.59. The molecule has 0 saturated heterocycles. The van der Waals surface area contributed by atoms with Crippen molar-refractivity contribution in [3.8, 4) is 6.07 Å². The molecule has 0 aromatic carbocycles. The Bertz CT molecular complexity index is 281. The average Bonchev–Trinajstić information content (AvgIpc) is 2.72. The molecule has 1 saturated carbocycles. The smallest absolute Gasteiger partial charge is 0.0865 e. The van der Waals surface area contributed by atoms with Crippen LogP contribution in [-0.4, -0.2) is 10.7 Å². The standard InChI is InChI=1S/C14H25NO/c1-5-12-7-8-13(9-12,10-15)14(16,6-2)11(3)4/h11-12,16H,5-9H2,1-4H3. The van der Waals surface area contributed by atoms with Gasteiger partial charge in [-0.05, 0) is 37.5 Å². The fourth-order valence-corrected chi connectivity index (χ4v) is 3.39. The summed E-state index contributed by atoms with van der Waals surface area (Å²) in [5, 5.41) is 20.4. The van der Waals surface area contributed by atoms with Crippen molar-refractivity contribution in [3.05, 3.63) is 0 Å². The lowest BCUT2D eigenvalue weighted by Crippen LogP contribution is -2.50. The summed E-state index contributed by atoms with van der Waals surface area (Å²) in [5.41, 5.74) is -1.32. The van der Waals surface area contributed by atoms with Gasteiger partial charge in [0, 0.05) is 0 Å². The summed E-state index contributed by atoms with van der Waals surface area (Å²) in [5.74, 6) is 0.768. The lowest BCUT2D eigenvalue weighted by atomic mass is 9.64. The van der Waals surface area contributed by atoms with E-state index in [9.17, 15) is 10.4 Å². The molecule has 0 aromatic rings. The molecule has 2 nitrogen and oxygen atoms in total. The molecule has 1 N–H and O–H groups in total. The van der Waals surface area contributed by atoms with Gasteiger partial charge in [0.1, 0.15) is 0 Å². The first-order valence-corrected chi connectivity index (χ1v) is 6.59. The van der Waals surface area contributed by atoms with E-state index in [1.165, 1.54) is 0 Å². The molecule has 3 unspecified atom stereocenters. The molecular formula is C14H25NO. The Morgan fingerprint density at radius 2 is 2.12 bits per heavy atom. The van der Waals surface area contributed by atoms with Gasteiger partial charge >= 0.3 is 0 Å².